The largest absolute Gasteiger partial charge is 0.435 e. The van der Waals surface area contributed by atoms with E-state index in [0.717, 1.165) is 5.56 Å². The Kier molecular flexibility index (Phi) is 4.70. The number of hydrogen-bond donors (Lipinski definition) is 1. The molecular weight excluding hydrogens is 302 g/mol. The van der Waals surface area contributed by atoms with Crippen molar-refractivity contribution in [3.63, 3.8) is 0 Å². The van der Waals surface area contributed by atoms with Crippen LogP contribution in [0, 0.1) is 6.92 Å². The van der Waals surface area contributed by atoms with Gasteiger partial charge in [0.1, 0.15) is 10.9 Å². The lowest BCUT2D eigenvalue weighted by Crippen LogP contribution is -2.12. The van der Waals surface area contributed by atoms with E-state index in [9.17, 15) is 13.6 Å². The van der Waals surface area contributed by atoms with Crippen LogP contribution in [-0.4, -0.2) is 17.5 Å². The maximum atomic E-state index is 12.0. The molecule has 1 N–H and O–H groups in total. The van der Waals surface area contributed by atoms with Crippen molar-refractivity contribution in [3.8, 4) is 5.75 Å². The zero-order valence-corrected chi connectivity index (χ0v) is 11.7. The minimum Gasteiger partial charge on any atom is -0.435 e. The molecule has 0 spiro atoms. The van der Waals surface area contributed by atoms with Gasteiger partial charge < -0.3 is 10.1 Å². The second-order valence-corrected chi connectivity index (χ2v) is 4.55. The van der Waals surface area contributed by atoms with E-state index >= 15 is 0 Å². The van der Waals surface area contributed by atoms with E-state index in [4.69, 9.17) is 11.6 Å². The summed E-state index contributed by atoms with van der Waals surface area (Å²) in [4.78, 5) is 15.9. The molecule has 2 aromatic rings. The van der Waals surface area contributed by atoms with Crippen molar-refractivity contribution in [3.05, 3.63) is 52.8 Å². The SMILES string of the molecule is Cc1cc(NC(=O)c2ccc(OC(F)F)cc2)cnc1Cl. The molecule has 0 unspecified atom stereocenters. The number of nitrogens with zero attached hydrogens (tertiary/aromatic N) is 1. The fourth-order valence-corrected chi connectivity index (χ4v) is 1.72. The van der Waals surface area contributed by atoms with E-state index in [1.807, 2.05) is 0 Å². The van der Waals surface area contributed by atoms with Crippen LogP contribution in [0.1, 0.15) is 15.9 Å². The normalized spacial score (nSPS) is 10.5. The first kappa shape index (κ1) is 15.2. The molecule has 21 heavy (non-hydrogen) atoms. The number of halogens is 3. The van der Waals surface area contributed by atoms with E-state index in [1.54, 1.807) is 13.0 Å². The minimum absolute atomic E-state index is 0.00875. The van der Waals surface area contributed by atoms with Crippen LogP contribution in [0.3, 0.4) is 0 Å². The van der Waals surface area contributed by atoms with Crippen molar-refractivity contribution in [1.29, 1.82) is 0 Å². The molecule has 110 valence electrons. The summed E-state index contributed by atoms with van der Waals surface area (Å²) in [5.74, 6) is -0.396. The maximum absolute atomic E-state index is 12.0. The first-order valence-corrected chi connectivity index (χ1v) is 6.32. The highest BCUT2D eigenvalue weighted by molar-refractivity contribution is 6.30. The van der Waals surface area contributed by atoms with Crippen molar-refractivity contribution in [2.24, 2.45) is 0 Å². The van der Waals surface area contributed by atoms with Crippen LogP contribution in [0.2, 0.25) is 5.15 Å². The number of hydrogen-bond acceptors (Lipinski definition) is 3. The summed E-state index contributed by atoms with van der Waals surface area (Å²) in [6.45, 7) is -1.13. The highest BCUT2D eigenvalue weighted by Crippen LogP contribution is 2.18. The number of ether oxygens (including phenoxy) is 1. The average molecular weight is 313 g/mol. The zero-order chi connectivity index (χ0) is 15.4. The predicted octanol–water partition coefficient (Wildman–Crippen LogP) is 3.90. The third kappa shape index (κ3) is 4.13. The van der Waals surface area contributed by atoms with Gasteiger partial charge >= 0.3 is 6.61 Å². The van der Waals surface area contributed by atoms with Gasteiger partial charge in [-0.25, -0.2) is 4.98 Å². The van der Waals surface area contributed by atoms with Crippen LogP contribution >= 0.6 is 11.6 Å². The van der Waals surface area contributed by atoms with E-state index in [1.165, 1.54) is 30.5 Å². The second kappa shape index (κ2) is 6.49. The quantitative estimate of drug-likeness (QED) is 0.871. The van der Waals surface area contributed by atoms with Crippen molar-refractivity contribution < 1.29 is 18.3 Å². The van der Waals surface area contributed by atoms with E-state index in [0.29, 0.717) is 16.4 Å². The van der Waals surface area contributed by atoms with Gasteiger partial charge in [0, 0.05) is 5.56 Å². The molecular formula is C14H11ClF2N2O2. The summed E-state index contributed by atoms with van der Waals surface area (Å²) in [6, 6.07) is 7.06. The van der Waals surface area contributed by atoms with E-state index < -0.39 is 6.61 Å². The number of carbonyl (C=O) groups is 1. The molecule has 0 radical (unpaired) electrons. The highest BCUT2D eigenvalue weighted by Gasteiger charge is 2.09. The maximum Gasteiger partial charge on any atom is 0.387 e. The number of carbonyl (C=O) groups excluding carboxylic acids is 1. The first-order chi connectivity index (χ1) is 9.95. The molecule has 0 aliphatic carbocycles. The van der Waals surface area contributed by atoms with Gasteiger partial charge in [0.25, 0.3) is 5.91 Å². The molecule has 0 saturated heterocycles. The molecule has 2 rings (SSSR count). The third-order valence-electron chi connectivity index (χ3n) is 2.61. The lowest BCUT2D eigenvalue weighted by Gasteiger charge is -2.08. The number of benzene rings is 1. The average Bonchev–Trinajstić information content (AvgIpc) is 2.43. The Morgan fingerprint density at radius 1 is 1.33 bits per heavy atom. The van der Waals surface area contributed by atoms with Crippen LogP contribution < -0.4 is 10.1 Å². The smallest absolute Gasteiger partial charge is 0.387 e. The molecule has 0 fully saturated rings. The Morgan fingerprint density at radius 3 is 2.57 bits per heavy atom. The fourth-order valence-electron chi connectivity index (χ4n) is 1.62. The topological polar surface area (TPSA) is 51.2 Å². The van der Waals surface area contributed by atoms with Gasteiger partial charge in [0.15, 0.2) is 0 Å². The number of nitrogens with one attached hydrogen (secondary N) is 1. The number of rotatable bonds is 4. The lowest BCUT2D eigenvalue weighted by molar-refractivity contribution is -0.0498. The Hall–Kier alpha value is -2.21. The molecule has 4 nitrogen and oxygen atoms in total. The van der Waals surface area contributed by atoms with Crippen LogP contribution in [0.5, 0.6) is 5.75 Å². The molecule has 0 saturated carbocycles. The number of aromatic nitrogens is 1. The molecule has 0 bridgehead atoms. The molecule has 1 aromatic heterocycles. The fraction of sp³-hybridized carbons (Fsp3) is 0.143. The summed E-state index contributed by atoms with van der Waals surface area (Å²) in [6.07, 6.45) is 1.43. The Morgan fingerprint density at radius 2 is 2.00 bits per heavy atom. The zero-order valence-electron chi connectivity index (χ0n) is 10.9. The van der Waals surface area contributed by atoms with Gasteiger partial charge in [-0.3, -0.25) is 4.79 Å². The van der Waals surface area contributed by atoms with Gasteiger partial charge in [-0.15, -0.1) is 0 Å². The lowest BCUT2D eigenvalue weighted by atomic mass is 10.2. The van der Waals surface area contributed by atoms with Crippen molar-refractivity contribution in [1.82, 2.24) is 4.98 Å². The molecule has 0 aliphatic heterocycles. The molecule has 1 aromatic carbocycles. The predicted molar refractivity (Wildman–Crippen MR) is 75.0 cm³/mol. The van der Waals surface area contributed by atoms with Gasteiger partial charge in [-0.2, -0.15) is 8.78 Å². The summed E-state index contributed by atoms with van der Waals surface area (Å²) < 4.78 is 28.2. The van der Waals surface area contributed by atoms with Crippen LogP contribution in [0.25, 0.3) is 0 Å². The third-order valence-corrected chi connectivity index (χ3v) is 3.01. The van der Waals surface area contributed by atoms with Crippen LogP contribution in [-0.2, 0) is 0 Å². The summed E-state index contributed by atoms with van der Waals surface area (Å²) in [5.41, 5.74) is 1.54. The summed E-state index contributed by atoms with van der Waals surface area (Å²) in [7, 11) is 0. The molecule has 0 aliphatic rings. The summed E-state index contributed by atoms with van der Waals surface area (Å²) >= 11 is 5.79. The standard InChI is InChI=1S/C14H11ClF2N2O2/c1-8-6-10(7-18-12(8)15)19-13(20)9-2-4-11(5-3-9)21-14(16)17/h2-7,14H,1H3,(H,19,20). The van der Waals surface area contributed by atoms with Gasteiger partial charge in [0.05, 0.1) is 11.9 Å². The van der Waals surface area contributed by atoms with Crippen molar-refractivity contribution >= 4 is 23.2 Å². The van der Waals surface area contributed by atoms with E-state index in [2.05, 4.69) is 15.0 Å². The molecule has 0 atom stereocenters. The summed E-state index contributed by atoms with van der Waals surface area (Å²) in [5, 5.41) is 3.00. The molecule has 1 heterocycles. The van der Waals surface area contributed by atoms with Crippen LogP contribution in [0.15, 0.2) is 36.5 Å². The van der Waals surface area contributed by atoms with Gasteiger partial charge in [-0.05, 0) is 42.8 Å². The number of pyridine rings is 1. The number of alkyl halides is 2. The van der Waals surface area contributed by atoms with E-state index in [-0.39, 0.29) is 11.7 Å². The van der Waals surface area contributed by atoms with Crippen molar-refractivity contribution in [2.75, 3.05) is 5.32 Å². The monoisotopic (exact) mass is 312 g/mol. The Bertz CT molecular complexity index is 648. The highest BCUT2D eigenvalue weighted by atomic mass is 35.5. The van der Waals surface area contributed by atoms with Crippen molar-refractivity contribution in [2.45, 2.75) is 13.5 Å². The molecule has 7 heteroatoms. The minimum atomic E-state index is -2.90. The van der Waals surface area contributed by atoms with Gasteiger partial charge in [-0.1, -0.05) is 11.6 Å². The number of amides is 1. The van der Waals surface area contributed by atoms with Gasteiger partial charge in [0.2, 0.25) is 0 Å². The molecule has 1 amide bonds. The number of aryl methyl sites for hydroxylation is 1. The second-order valence-electron chi connectivity index (χ2n) is 4.19. The Labute approximate surface area is 124 Å². The number of anilines is 1. The van der Waals surface area contributed by atoms with Crippen LogP contribution in [0.4, 0.5) is 14.5 Å². The first-order valence-electron chi connectivity index (χ1n) is 5.94. The Balaban J connectivity index is 2.07.